The third kappa shape index (κ3) is 4.64. The summed E-state index contributed by atoms with van der Waals surface area (Å²) < 4.78 is 0. The maximum absolute atomic E-state index is 11.8. The van der Waals surface area contributed by atoms with E-state index in [2.05, 4.69) is 20.6 Å². The lowest BCUT2D eigenvalue weighted by molar-refractivity contribution is -0.120. The molecule has 1 heterocycles. The maximum Gasteiger partial charge on any atom is 0.251 e. The molecule has 2 aromatic rings. The number of aromatic nitrogens is 2. The number of nitrogen functional groups attached to an aromatic ring is 1. The predicted octanol–water partition coefficient (Wildman–Crippen LogP) is 0.0806. The van der Waals surface area contributed by atoms with Gasteiger partial charge < -0.3 is 21.4 Å². The quantitative estimate of drug-likeness (QED) is 0.563. The number of aromatic amines is 1. The van der Waals surface area contributed by atoms with Gasteiger partial charge >= 0.3 is 0 Å². The molecule has 2 rings (SSSR count). The number of H-pyrrole nitrogens is 1. The molecule has 0 saturated heterocycles. The van der Waals surface area contributed by atoms with Crippen molar-refractivity contribution in [1.29, 1.82) is 0 Å². The molecule has 1 aromatic heterocycles. The van der Waals surface area contributed by atoms with E-state index < -0.39 is 0 Å². The Morgan fingerprint density at radius 3 is 2.62 bits per heavy atom. The molecule has 1 aromatic carbocycles. The minimum atomic E-state index is -0.309. The van der Waals surface area contributed by atoms with Crippen LogP contribution in [0.25, 0.3) is 0 Å². The zero-order chi connectivity index (χ0) is 15.1. The number of hydrogen-bond donors (Lipinski definition) is 4. The first kappa shape index (κ1) is 14.6. The van der Waals surface area contributed by atoms with Gasteiger partial charge in [0, 0.05) is 36.6 Å². The van der Waals surface area contributed by atoms with E-state index in [-0.39, 0.29) is 18.4 Å². The van der Waals surface area contributed by atoms with Crippen molar-refractivity contribution in [2.24, 2.45) is 0 Å². The van der Waals surface area contributed by atoms with Gasteiger partial charge in [0.25, 0.3) is 5.91 Å². The standard InChI is InChI=1S/C14H17N5O2/c15-11-3-1-10(2-4-11)14(21)19-9-13(20)18-6-5-12-16-7-8-17-12/h1-4,7-8H,5-6,9,15H2,(H,16,17)(H,18,20)(H,19,21). The largest absolute Gasteiger partial charge is 0.399 e. The highest BCUT2D eigenvalue weighted by atomic mass is 16.2. The molecule has 0 fully saturated rings. The number of benzene rings is 1. The number of carbonyl (C=O) groups is 2. The van der Waals surface area contributed by atoms with Gasteiger partial charge in [0.15, 0.2) is 0 Å². The molecule has 0 atom stereocenters. The summed E-state index contributed by atoms with van der Waals surface area (Å²) in [6.07, 6.45) is 4.00. The van der Waals surface area contributed by atoms with E-state index in [0.717, 1.165) is 5.82 Å². The van der Waals surface area contributed by atoms with Crippen LogP contribution < -0.4 is 16.4 Å². The molecule has 0 bridgehead atoms. The Morgan fingerprint density at radius 2 is 1.95 bits per heavy atom. The summed E-state index contributed by atoms with van der Waals surface area (Å²) in [4.78, 5) is 30.4. The van der Waals surface area contributed by atoms with Crippen LogP contribution in [0, 0.1) is 0 Å². The zero-order valence-electron chi connectivity index (χ0n) is 11.4. The van der Waals surface area contributed by atoms with Gasteiger partial charge in [-0.2, -0.15) is 0 Å². The van der Waals surface area contributed by atoms with Crippen molar-refractivity contribution in [3.05, 3.63) is 48.0 Å². The van der Waals surface area contributed by atoms with Crippen molar-refractivity contribution < 1.29 is 9.59 Å². The molecule has 7 heteroatoms. The SMILES string of the molecule is Nc1ccc(C(=O)NCC(=O)NCCc2ncc[nH]2)cc1. The van der Waals surface area contributed by atoms with Crippen molar-refractivity contribution in [2.45, 2.75) is 6.42 Å². The summed E-state index contributed by atoms with van der Waals surface area (Å²) in [5, 5.41) is 5.25. The summed E-state index contributed by atoms with van der Waals surface area (Å²) in [7, 11) is 0. The van der Waals surface area contributed by atoms with E-state index in [0.29, 0.717) is 24.2 Å². The number of nitrogens with one attached hydrogen (secondary N) is 3. The molecule has 0 aliphatic rings. The summed E-state index contributed by atoms with van der Waals surface area (Å²) in [5.41, 5.74) is 6.59. The van der Waals surface area contributed by atoms with Crippen molar-refractivity contribution >= 4 is 17.5 Å². The molecule has 5 N–H and O–H groups in total. The Balaban J connectivity index is 1.68. The summed E-state index contributed by atoms with van der Waals surface area (Å²) in [5.74, 6) is 0.253. The van der Waals surface area contributed by atoms with Crippen LogP contribution in [0.4, 0.5) is 5.69 Å². The molecule has 7 nitrogen and oxygen atoms in total. The lowest BCUT2D eigenvalue weighted by Gasteiger charge is -2.06. The van der Waals surface area contributed by atoms with Gasteiger partial charge in [0.2, 0.25) is 5.91 Å². The van der Waals surface area contributed by atoms with Crippen molar-refractivity contribution in [3.63, 3.8) is 0 Å². The fourth-order valence-electron chi connectivity index (χ4n) is 1.71. The molecule has 0 spiro atoms. The van der Waals surface area contributed by atoms with Crippen LogP contribution in [0.3, 0.4) is 0 Å². The van der Waals surface area contributed by atoms with Crippen LogP contribution in [0.2, 0.25) is 0 Å². The number of amides is 2. The van der Waals surface area contributed by atoms with Crippen LogP contribution in [-0.2, 0) is 11.2 Å². The number of nitrogens with zero attached hydrogens (tertiary/aromatic N) is 1. The maximum atomic E-state index is 11.8. The van der Waals surface area contributed by atoms with Gasteiger partial charge in [-0.25, -0.2) is 4.98 Å². The Labute approximate surface area is 122 Å². The first-order valence-electron chi connectivity index (χ1n) is 6.54. The molecule has 0 saturated carbocycles. The summed E-state index contributed by atoms with van der Waals surface area (Å²) in [6.45, 7) is 0.394. The summed E-state index contributed by atoms with van der Waals surface area (Å²) >= 11 is 0. The number of anilines is 1. The van der Waals surface area contributed by atoms with Gasteiger partial charge in [0.05, 0.1) is 6.54 Å². The highest BCUT2D eigenvalue weighted by Gasteiger charge is 2.07. The lowest BCUT2D eigenvalue weighted by Crippen LogP contribution is -2.37. The normalized spacial score (nSPS) is 10.1. The zero-order valence-corrected chi connectivity index (χ0v) is 11.4. The molecule has 0 unspecified atom stereocenters. The fraction of sp³-hybridized carbons (Fsp3) is 0.214. The van der Waals surface area contributed by atoms with E-state index in [4.69, 9.17) is 5.73 Å². The van der Waals surface area contributed by atoms with Gasteiger partial charge in [-0.15, -0.1) is 0 Å². The van der Waals surface area contributed by atoms with Crippen LogP contribution in [-0.4, -0.2) is 34.9 Å². The molecule has 0 aliphatic carbocycles. The van der Waals surface area contributed by atoms with Crippen molar-refractivity contribution in [2.75, 3.05) is 18.8 Å². The third-order valence-electron chi connectivity index (χ3n) is 2.82. The molecule has 0 radical (unpaired) electrons. The second kappa shape index (κ2) is 7.09. The van der Waals surface area contributed by atoms with Gasteiger partial charge in [-0.3, -0.25) is 9.59 Å². The number of carbonyl (C=O) groups excluding carboxylic acids is 2. The lowest BCUT2D eigenvalue weighted by atomic mass is 10.2. The Kier molecular flexibility index (Phi) is 4.92. The number of imidazole rings is 1. The Morgan fingerprint density at radius 1 is 1.19 bits per heavy atom. The second-order valence-corrected chi connectivity index (χ2v) is 4.44. The van der Waals surface area contributed by atoms with Crippen molar-refractivity contribution in [1.82, 2.24) is 20.6 Å². The van der Waals surface area contributed by atoms with Gasteiger partial charge in [0.1, 0.15) is 5.82 Å². The molecule has 0 aliphatic heterocycles. The third-order valence-corrected chi connectivity index (χ3v) is 2.82. The minimum Gasteiger partial charge on any atom is -0.399 e. The highest BCUT2D eigenvalue weighted by Crippen LogP contribution is 2.04. The number of nitrogens with two attached hydrogens (primary N) is 1. The summed E-state index contributed by atoms with van der Waals surface area (Å²) in [6, 6.07) is 6.50. The first-order valence-corrected chi connectivity index (χ1v) is 6.54. The monoisotopic (exact) mass is 287 g/mol. The molecular formula is C14H17N5O2. The van der Waals surface area contributed by atoms with E-state index in [1.54, 1.807) is 36.7 Å². The first-order chi connectivity index (χ1) is 10.1. The van der Waals surface area contributed by atoms with Gasteiger partial charge in [-0.1, -0.05) is 0 Å². The number of rotatable bonds is 6. The smallest absolute Gasteiger partial charge is 0.251 e. The minimum absolute atomic E-state index is 0.0681. The van der Waals surface area contributed by atoms with Crippen LogP contribution in [0.5, 0.6) is 0 Å². The Bertz CT molecular complexity index is 592. The molecule has 2 amide bonds. The second-order valence-electron chi connectivity index (χ2n) is 4.44. The van der Waals surface area contributed by atoms with Crippen molar-refractivity contribution in [3.8, 4) is 0 Å². The number of hydrogen-bond acceptors (Lipinski definition) is 4. The average molecular weight is 287 g/mol. The van der Waals surface area contributed by atoms with Crippen LogP contribution >= 0.6 is 0 Å². The fourth-order valence-corrected chi connectivity index (χ4v) is 1.71. The molecule has 110 valence electrons. The van der Waals surface area contributed by atoms with E-state index >= 15 is 0 Å². The topological polar surface area (TPSA) is 113 Å². The van der Waals surface area contributed by atoms with E-state index in [9.17, 15) is 9.59 Å². The molecule has 21 heavy (non-hydrogen) atoms. The highest BCUT2D eigenvalue weighted by molar-refractivity contribution is 5.96. The van der Waals surface area contributed by atoms with Crippen LogP contribution in [0.1, 0.15) is 16.2 Å². The average Bonchev–Trinajstić information content (AvgIpc) is 2.99. The predicted molar refractivity (Wildman–Crippen MR) is 78.5 cm³/mol. The van der Waals surface area contributed by atoms with E-state index in [1.165, 1.54) is 0 Å². The van der Waals surface area contributed by atoms with Crippen LogP contribution in [0.15, 0.2) is 36.7 Å². The van der Waals surface area contributed by atoms with E-state index in [1.807, 2.05) is 0 Å². The Hall–Kier alpha value is -2.83. The molecular weight excluding hydrogens is 270 g/mol. The van der Waals surface area contributed by atoms with Gasteiger partial charge in [-0.05, 0) is 24.3 Å².